The number of carbonyl (C=O) groups excluding carboxylic acids is 1. The SMILES string of the molecule is CCOC(=O)c1c(C)n(CC(C)C)c2c1cc(O)c1cc3ccccc3cc12. The third-order valence-corrected chi connectivity index (χ3v) is 5.29. The van der Waals surface area contributed by atoms with E-state index in [2.05, 4.69) is 30.5 Å². The molecule has 0 aliphatic rings. The number of rotatable bonds is 4. The fourth-order valence-electron chi connectivity index (χ4n) is 4.11. The summed E-state index contributed by atoms with van der Waals surface area (Å²) in [5.74, 6) is 0.251. The van der Waals surface area contributed by atoms with Crippen LogP contribution >= 0.6 is 0 Å². The summed E-state index contributed by atoms with van der Waals surface area (Å²) in [6.45, 7) is 9.19. The van der Waals surface area contributed by atoms with Crippen molar-refractivity contribution in [2.24, 2.45) is 5.92 Å². The maximum absolute atomic E-state index is 12.7. The van der Waals surface area contributed by atoms with Gasteiger partial charge in [0.1, 0.15) is 5.75 Å². The van der Waals surface area contributed by atoms with Gasteiger partial charge in [-0.15, -0.1) is 0 Å². The summed E-state index contributed by atoms with van der Waals surface area (Å²) in [5, 5.41) is 15.5. The van der Waals surface area contributed by atoms with Gasteiger partial charge in [0, 0.05) is 28.4 Å². The van der Waals surface area contributed by atoms with Crippen molar-refractivity contribution in [3.63, 3.8) is 0 Å². The lowest BCUT2D eigenvalue weighted by molar-refractivity contribution is 0.0527. The van der Waals surface area contributed by atoms with Gasteiger partial charge in [-0.05, 0) is 48.7 Å². The van der Waals surface area contributed by atoms with E-state index < -0.39 is 0 Å². The van der Waals surface area contributed by atoms with E-state index in [0.29, 0.717) is 18.1 Å². The van der Waals surface area contributed by atoms with Crippen molar-refractivity contribution in [3.05, 3.63) is 53.7 Å². The maximum atomic E-state index is 12.7. The Bertz CT molecular complexity index is 1220. The first kappa shape index (κ1) is 18.4. The second-order valence-corrected chi connectivity index (χ2v) is 7.72. The molecule has 0 aliphatic carbocycles. The van der Waals surface area contributed by atoms with Crippen LogP contribution in [0.2, 0.25) is 0 Å². The maximum Gasteiger partial charge on any atom is 0.340 e. The van der Waals surface area contributed by atoms with Crippen molar-refractivity contribution < 1.29 is 14.6 Å². The van der Waals surface area contributed by atoms with E-state index in [4.69, 9.17) is 4.74 Å². The second kappa shape index (κ2) is 6.86. The molecule has 4 heteroatoms. The summed E-state index contributed by atoms with van der Waals surface area (Å²) in [7, 11) is 0. The van der Waals surface area contributed by atoms with Crippen molar-refractivity contribution in [3.8, 4) is 5.75 Å². The Morgan fingerprint density at radius 3 is 2.32 bits per heavy atom. The van der Waals surface area contributed by atoms with Crippen LogP contribution < -0.4 is 0 Å². The third-order valence-electron chi connectivity index (χ3n) is 5.29. The Balaban J connectivity index is 2.18. The molecule has 0 aliphatic heterocycles. The number of benzene rings is 3. The minimum absolute atomic E-state index is 0.181. The summed E-state index contributed by atoms with van der Waals surface area (Å²) in [6, 6.07) is 14.0. The van der Waals surface area contributed by atoms with Gasteiger partial charge >= 0.3 is 5.97 Å². The highest BCUT2D eigenvalue weighted by Gasteiger charge is 2.24. The molecule has 0 bridgehead atoms. The molecule has 1 aromatic heterocycles. The van der Waals surface area contributed by atoms with E-state index >= 15 is 0 Å². The van der Waals surface area contributed by atoms with Gasteiger partial charge in [-0.1, -0.05) is 38.1 Å². The number of hydrogen-bond donors (Lipinski definition) is 1. The standard InChI is InChI=1S/C24H25NO3/c1-5-28-24(27)22-15(4)25(13-14(2)3)23-19-11-17-9-7-6-8-16(17)10-18(19)21(26)12-20(22)23/h6-12,14,26H,5,13H2,1-4H3. The minimum atomic E-state index is -0.341. The average Bonchev–Trinajstić information content (AvgIpc) is 2.92. The highest BCUT2D eigenvalue weighted by Crippen LogP contribution is 2.39. The summed E-state index contributed by atoms with van der Waals surface area (Å²) in [4.78, 5) is 12.7. The molecule has 4 aromatic rings. The van der Waals surface area contributed by atoms with Crippen molar-refractivity contribution in [2.45, 2.75) is 34.2 Å². The number of aromatic nitrogens is 1. The van der Waals surface area contributed by atoms with Crippen molar-refractivity contribution in [1.29, 1.82) is 0 Å². The highest BCUT2D eigenvalue weighted by atomic mass is 16.5. The first-order valence-corrected chi connectivity index (χ1v) is 9.76. The molecule has 0 unspecified atom stereocenters. The Labute approximate surface area is 164 Å². The number of phenolic OH excluding ortho intramolecular Hbond substituents is 1. The van der Waals surface area contributed by atoms with Gasteiger partial charge in [0.15, 0.2) is 0 Å². The van der Waals surface area contributed by atoms with E-state index in [-0.39, 0.29) is 11.7 Å². The van der Waals surface area contributed by atoms with E-state index in [1.807, 2.05) is 31.2 Å². The molecule has 0 saturated carbocycles. The summed E-state index contributed by atoms with van der Waals surface area (Å²) < 4.78 is 7.52. The van der Waals surface area contributed by atoms with E-state index in [9.17, 15) is 9.90 Å². The molecule has 1 heterocycles. The molecule has 144 valence electrons. The van der Waals surface area contributed by atoms with Crippen LogP contribution in [0.25, 0.3) is 32.4 Å². The first-order valence-electron chi connectivity index (χ1n) is 9.76. The fraction of sp³-hybridized carbons (Fsp3) is 0.292. The Morgan fingerprint density at radius 1 is 1.07 bits per heavy atom. The zero-order chi connectivity index (χ0) is 20.0. The number of fused-ring (bicyclic) bond motifs is 4. The third kappa shape index (κ3) is 2.80. The van der Waals surface area contributed by atoms with Gasteiger partial charge in [0.05, 0.1) is 17.7 Å². The van der Waals surface area contributed by atoms with E-state index in [0.717, 1.165) is 44.7 Å². The molecule has 4 nitrogen and oxygen atoms in total. The van der Waals surface area contributed by atoms with Crippen LogP contribution in [0.5, 0.6) is 5.75 Å². The quantitative estimate of drug-likeness (QED) is 0.362. The number of esters is 1. The van der Waals surface area contributed by atoms with Crippen LogP contribution in [0.15, 0.2) is 42.5 Å². The number of nitrogens with zero attached hydrogens (tertiary/aromatic N) is 1. The fourth-order valence-corrected chi connectivity index (χ4v) is 4.11. The van der Waals surface area contributed by atoms with Gasteiger partial charge in [0.25, 0.3) is 0 Å². The first-order chi connectivity index (χ1) is 13.4. The number of ether oxygens (including phenoxy) is 1. The average molecular weight is 375 g/mol. The van der Waals surface area contributed by atoms with Crippen LogP contribution in [-0.2, 0) is 11.3 Å². The number of hydrogen-bond acceptors (Lipinski definition) is 3. The predicted molar refractivity (Wildman–Crippen MR) is 114 cm³/mol. The minimum Gasteiger partial charge on any atom is -0.507 e. The van der Waals surface area contributed by atoms with Crippen molar-refractivity contribution in [1.82, 2.24) is 4.57 Å². The molecule has 3 aromatic carbocycles. The van der Waals surface area contributed by atoms with Crippen LogP contribution in [0.1, 0.15) is 36.8 Å². The lowest BCUT2D eigenvalue weighted by atomic mass is 9.99. The van der Waals surface area contributed by atoms with Gasteiger partial charge in [-0.2, -0.15) is 0 Å². The molecular formula is C24H25NO3. The second-order valence-electron chi connectivity index (χ2n) is 7.72. The van der Waals surface area contributed by atoms with Crippen molar-refractivity contribution in [2.75, 3.05) is 6.61 Å². The Hall–Kier alpha value is -3.01. The predicted octanol–water partition coefficient (Wildman–Crippen LogP) is 5.79. The Morgan fingerprint density at radius 2 is 1.71 bits per heavy atom. The van der Waals surface area contributed by atoms with Crippen LogP contribution in [0, 0.1) is 12.8 Å². The van der Waals surface area contributed by atoms with Crippen LogP contribution in [0.3, 0.4) is 0 Å². The smallest absolute Gasteiger partial charge is 0.340 e. The largest absolute Gasteiger partial charge is 0.507 e. The molecule has 1 N–H and O–H groups in total. The summed E-state index contributed by atoms with van der Waals surface area (Å²) >= 11 is 0. The normalized spacial score (nSPS) is 11.8. The van der Waals surface area contributed by atoms with Gasteiger partial charge < -0.3 is 14.4 Å². The van der Waals surface area contributed by atoms with E-state index in [1.54, 1.807) is 13.0 Å². The van der Waals surface area contributed by atoms with Crippen LogP contribution in [0.4, 0.5) is 0 Å². The number of phenols is 1. The molecule has 0 saturated heterocycles. The lowest BCUT2D eigenvalue weighted by Crippen LogP contribution is -2.09. The zero-order valence-electron chi connectivity index (χ0n) is 16.7. The molecule has 28 heavy (non-hydrogen) atoms. The van der Waals surface area contributed by atoms with Crippen LogP contribution in [-0.4, -0.2) is 22.2 Å². The van der Waals surface area contributed by atoms with E-state index in [1.165, 1.54) is 0 Å². The lowest BCUT2D eigenvalue weighted by Gasteiger charge is -2.14. The number of carbonyl (C=O) groups is 1. The highest BCUT2D eigenvalue weighted by molar-refractivity contribution is 6.18. The van der Waals surface area contributed by atoms with Gasteiger partial charge in [-0.25, -0.2) is 4.79 Å². The van der Waals surface area contributed by atoms with Gasteiger partial charge in [0.2, 0.25) is 0 Å². The van der Waals surface area contributed by atoms with Gasteiger partial charge in [-0.3, -0.25) is 0 Å². The molecule has 4 rings (SSSR count). The molecule has 0 spiro atoms. The summed E-state index contributed by atoms with van der Waals surface area (Å²) in [6.07, 6.45) is 0. The molecular weight excluding hydrogens is 350 g/mol. The monoisotopic (exact) mass is 375 g/mol. The topological polar surface area (TPSA) is 51.5 Å². The zero-order valence-corrected chi connectivity index (χ0v) is 16.7. The molecule has 0 atom stereocenters. The number of aromatic hydroxyl groups is 1. The van der Waals surface area contributed by atoms with Crippen molar-refractivity contribution >= 4 is 38.4 Å². The molecule has 0 radical (unpaired) electrons. The molecule has 0 amide bonds. The Kier molecular flexibility index (Phi) is 4.50. The summed E-state index contributed by atoms with van der Waals surface area (Å²) in [5.41, 5.74) is 2.40. The molecule has 0 fully saturated rings.